The highest BCUT2D eigenvalue weighted by molar-refractivity contribution is 7.47. The van der Waals surface area contributed by atoms with Crippen molar-refractivity contribution in [2.75, 3.05) is 39.6 Å². The minimum absolute atomic E-state index is 0.0902. The third-order valence-corrected chi connectivity index (χ3v) is 21.6. The van der Waals surface area contributed by atoms with Crippen LogP contribution in [0.4, 0.5) is 0 Å². The number of aliphatic hydroxyl groups excluding tert-OH is 2. The molecule has 5 atom stereocenters. The summed E-state index contributed by atoms with van der Waals surface area (Å²) in [6.07, 6.45) is 116. The molecule has 0 spiro atoms. The Kier molecular flexibility index (Phi) is 86.7. The molecule has 0 aromatic heterocycles. The monoisotopic (exact) mass is 1680 g/mol. The van der Waals surface area contributed by atoms with Crippen LogP contribution < -0.4 is 0 Å². The molecule has 18 heteroatoms. The predicted molar refractivity (Wildman–Crippen MR) is 491 cm³/mol. The van der Waals surface area contributed by atoms with Crippen LogP contribution in [0.2, 0.25) is 0 Å². The van der Waals surface area contributed by atoms with Gasteiger partial charge in [-0.15, -0.1) is 0 Å². The highest BCUT2D eigenvalue weighted by Gasteiger charge is 2.29. The molecule has 117 heavy (non-hydrogen) atoms. The minimum atomic E-state index is -4.94. The summed E-state index contributed by atoms with van der Waals surface area (Å²) >= 11 is 0. The first-order valence-corrected chi connectivity index (χ1v) is 49.8. The van der Waals surface area contributed by atoms with Gasteiger partial charge in [0.15, 0.2) is 6.10 Å². The van der Waals surface area contributed by atoms with Gasteiger partial charge in [0.25, 0.3) is 0 Å². The van der Waals surface area contributed by atoms with Crippen LogP contribution in [0.15, 0.2) is 158 Å². The molecule has 0 aromatic rings. The summed E-state index contributed by atoms with van der Waals surface area (Å²) in [5, 5.41) is 20.7. The summed E-state index contributed by atoms with van der Waals surface area (Å²) < 4.78 is 61.5. The summed E-state index contributed by atoms with van der Waals surface area (Å²) in [6, 6.07) is 0. The van der Waals surface area contributed by atoms with Crippen LogP contribution in [-0.4, -0.2) is 95.9 Å². The van der Waals surface area contributed by atoms with E-state index in [0.717, 1.165) is 173 Å². The zero-order chi connectivity index (χ0) is 85.1. The van der Waals surface area contributed by atoms with Crippen LogP contribution in [0.25, 0.3) is 0 Å². The van der Waals surface area contributed by atoms with E-state index in [2.05, 4.69) is 179 Å². The largest absolute Gasteiger partial charge is 0.472 e. The Morgan fingerprint density at radius 1 is 0.248 bits per heavy atom. The van der Waals surface area contributed by atoms with E-state index in [1.54, 1.807) is 0 Å². The summed E-state index contributed by atoms with van der Waals surface area (Å²) in [4.78, 5) is 59.0. The fraction of sp³-hybridized carbons (Fsp3) is 0.707. The van der Waals surface area contributed by atoms with Gasteiger partial charge >= 0.3 is 33.6 Å². The predicted octanol–water partition coefficient (Wildman–Crippen LogP) is 28.9. The van der Waals surface area contributed by atoms with E-state index in [-0.39, 0.29) is 19.3 Å². The van der Waals surface area contributed by atoms with E-state index < -0.39 is 91.5 Å². The van der Waals surface area contributed by atoms with Gasteiger partial charge in [0.05, 0.1) is 26.4 Å². The molecule has 0 heterocycles. The Morgan fingerprint density at radius 2 is 0.453 bits per heavy atom. The van der Waals surface area contributed by atoms with Crippen LogP contribution in [0, 0.1) is 0 Å². The van der Waals surface area contributed by atoms with Crippen LogP contribution in [0.1, 0.15) is 393 Å². The summed E-state index contributed by atoms with van der Waals surface area (Å²) in [5.74, 6) is -1.58. The van der Waals surface area contributed by atoms with Crippen molar-refractivity contribution in [1.29, 1.82) is 0 Å². The highest BCUT2D eigenvalue weighted by atomic mass is 31.2. The number of hydrogen-bond acceptors (Lipinski definition) is 14. The van der Waals surface area contributed by atoms with Gasteiger partial charge in [-0.05, 0) is 148 Å². The molecular formula is C99H170O16P2. The number of rotatable bonds is 88. The summed E-state index contributed by atoms with van der Waals surface area (Å²) in [5.41, 5.74) is 0. The van der Waals surface area contributed by atoms with Gasteiger partial charge in [0.2, 0.25) is 0 Å². The Bertz CT molecular complexity index is 2760. The SMILES string of the molecule is CC/C=C\C/C=C\C/C=C\C/C=C\C/C=C\C/C=C\CCCCCCCCCCCCCCC(=O)OCC(COP(=O)(O)OCC(O)COP(=O)(O)OCC(O)COC(=O)CCCCCCCCCCCCCCCCCCC/C=C\C/C=C\C/C=C\C/C=C\CCCCC)OC(=O)CCCCCCCCC/C=C\C/C=C\C/C=C\CC. The second kappa shape index (κ2) is 90.4. The molecule has 4 N–H and O–H groups in total. The number of phosphoric ester groups is 2. The van der Waals surface area contributed by atoms with Crippen molar-refractivity contribution in [2.24, 2.45) is 0 Å². The van der Waals surface area contributed by atoms with Crippen LogP contribution in [-0.2, 0) is 55.8 Å². The zero-order valence-corrected chi connectivity index (χ0v) is 75.9. The third kappa shape index (κ3) is 91.7. The lowest BCUT2D eigenvalue weighted by Crippen LogP contribution is -2.30. The number of carbonyl (C=O) groups is 3. The normalized spacial score (nSPS) is 14.5. The molecule has 16 nitrogen and oxygen atoms in total. The van der Waals surface area contributed by atoms with Crippen molar-refractivity contribution in [3.8, 4) is 0 Å². The van der Waals surface area contributed by atoms with Gasteiger partial charge < -0.3 is 34.2 Å². The number of hydrogen-bond donors (Lipinski definition) is 4. The van der Waals surface area contributed by atoms with Gasteiger partial charge in [-0.25, -0.2) is 9.13 Å². The first-order chi connectivity index (χ1) is 57.2. The number of unbranched alkanes of at least 4 members (excludes halogenated alkanes) is 39. The van der Waals surface area contributed by atoms with Gasteiger partial charge in [0, 0.05) is 19.3 Å². The Hall–Kier alpha value is -4.83. The number of carbonyl (C=O) groups excluding carboxylic acids is 3. The maximum Gasteiger partial charge on any atom is 0.472 e. The molecule has 0 aliphatic carbocycles. The number of phosphoric acid groups is 2. The van der Waals surface area contributed by atoms with Crippen molar-refractivity contribution >= 4 is 33.6 Å². The van der Waals surface area contributed by atoms with Crippen LogP contribution >= 0.6 is 15.6 Å². The standard InChI is InChI=1S/C99H170O16P2/c1-4-7-10-13-16-19-22-25-28-31-33-35-37-39-41-43-45-46-48-50-51-53-55-57-59-62-64-67-70-73-76-79-82-85-97(102)109-88-94(100)89-111-116(105,106)112-90-95(101)91-113-117(107,108)114-93-96(115-99(104)87-84-81-78-75-72-69-66-61-30-27-24-21-18-15-12-9-6-3)92-110-98(103)86-83-80-77-74-71-68-65-63-60-58-56-54-52-49-47-44-42-40-38-36-34-32-29-26-23-20-17-14-11-8-5-2/h8-9,11-12,16-21,25-30,33-36,39-42,47,49,94-96,100-101H,4-7,10,13-15,22-24,31-32,37-38,43-46,48,50-93H2,1-3H3,(H,105,106)(H,107,108)/b11-8-,12-9-,19-16-,20-17-,21-18-,28-25-,29-26-,30-27-,35-33-,36-34-,41-39-,42-40-,49-47-. The Balaban J connectivity index is 4.50. The maximum absolute atomic E-state index is 13.0. The van der Waals surface area contributed by atoms with Gasteiger partial charge in [-0.3, -0.25) is 32.5 Å². The molecule has 0 fully saturated rings. The molecule has 5 unspecified atom stereocenters. The Labute approximate surface area is 714 Å². The van der Waals surface area contributed by atoms with Gasteiger partial charge in [0.1, 0.15) is 25.4 Å². The minimum Gasteiger partial charge on any atom is -0.463 e. The average molecular weight is 1680 g/mol. The number of allylic oxidation sites excluding steroid dienone is 26. The van der Waals surface area contributed by atoms with Gasteiger partial charge in [-0.1, -0.05) is 384 Å². The van der Waals surface area contributed by atoms with Crippen molar-refractivity contribution in [3.05, 3.63) is 158 Å². The lowest BCUT2D eigenvalue weighted by atomic mass is 10.0. The molecule has 0 bridgehead atoms. The van der Waals surface area contributed by atoms with E-state index >= 15 is 0 Å². The van der Waals surface area contributed by atoms with E-state index in [9.17, 15) is 43.5 Å². The van der Waals surface area contributed by atoms with E-state index in [4.69, 9.17) is 32.3 Å². The summed E-state index contributed by atoms with van der Waals surface area (Å²) in [7, 11) is -9.81. The average Bonchev–Trinajstić information content (AvgIpc) is 0.894. The second-order valence-corrected chi connectivity index (χ2v) is 34.0. The quantitative estimate of drug-likeness (QED) is 0.0146. The topological polar surface area (TPSA) is 231 Å². The molecule has 0 saturated heterocycles. The van der Waals surface area contributed by atoms with Crippen LogP contribution in [0.3, 0.4) is 0 Å². The highest BCUT2D eigenvalue weighted by Crippen LogP contribution is 2.45. The zero-order valence-electron chi connectivity index (χ0n) is 74.1. The smallest absolute Gasteiger partial charge is 0.463 e. The molecule has 0 radical (unpaired) electrons. The molecule has 0 aliphatic heterocycles. The molecular weight excluding hydrogens is 1510 g/mol. The molecule has 0 aromatic carbocycles. The fourth-order valence-electron chi connectivity index (χ4n) is 12.7. The lowest BCUT2D eigenvalue weighted by molar-refractivity contribution is -0.161. The van der Waals surface area contributed by atoms with Crippen LogP contribution in [0.5, 0.6) is 0 Å². The fourth-order valence-corrected chi connectivity index (χ4v) is 14.3. The number of esters is 3. The summed E-state index contributed by atoms with van der Waals surface area (Å²) in [6.45, 7) is 2.47. The third-order valence-electron chi connectivity index (χ3n) is 19.7. The number of aliphatic hydroxyl groups is 2. The van der Waals surface area contributed by atoms with E-state index in [1.807, 2.05) is 0 Å². The first kappa shape index (κ1) is 112. The van der Waals surface area contributed by atoms with Crippen molar-refractivity contribution in [3.63, 3.8) is 0 Å². The second-order valence-electron chi connectivity index (χ2n) is 31.0. The van der Waals surface area contributed by atoms with E-state index in [0.29, 0.717) is 19.3 Å². The first-order valence-electron chi connectivity index (χ1n) is 46.8. The van der Waals surface area contributed by atoms with E-state index in [1.165, 1.54) is 161 Å². The lowest BCUT2D eigenvalue weighted by Gasteiger charge is -2.21. The molecule has 0 saturated carbocycles. The maximum atomic E-state index is 13.0. The molecule has 0 amide bonds. The van der Waals surface area contributed by atoms with Gasteiger partial charge in [-0.2, -0.15) is 0 Å². The van der Waals surface area contributed by atoms with Crippen molar-refractivity contribution in [1.82, 2.24) is 0 Å². The molecule has 0 rings (SSSR count). The number of ether oxygens (including phenoxy) is 3. The van der Waals surface area contributed by atoms with Crippen molar-refractivity contribution in [2.45, 2.75) is 411 Å². The molecule has 0 aliphatic rings. The van der Waals surface area contributed by atoms with Crippen molar-refractivity contribution < 1.29 is 75.8 Å². The Morgan fingerprint density at radius 3 is 0.718 bits per heavy atom. The molecule has 672 valence electrons.